The Labute approximate surface area is 252 Å². The minimum absolute atomic E-state index is 0.0350. The molecule has 1 atom stereocenters. The fourth-order valence-corrected chi connectivity index (χ4v) is 6.50. The highest BCUT2D eigenvalue weighted by Gasteiger charge is 2.33. The van der Waals surface area contributed by atoms with E-state index in [4.69, 9.17) is 9.47 Å². The summed E-state index contributed by atoms with van der Waals surface area (Å²) in [5.41, 5.74) is 0.840. The van der Waals surface area contributed by atoms with Crippen molar-refractivity contribution in [2.45, 2.75) is 62.6 Å². The number of ether oxygens (including phenoxy) is 2. The van der Waals surface area contributed by atoms with E-state index in [0.717, 1.165) is 54.1 Å². The van der Waals surface area contributed by atoms with E-state index in [-0.39, 0.29) is 29.1 Å². The number of hydrogen-bond donors (Lipinski definition) is 1. The zero-order valence-electron chi connectivity index (χ0n) is 24.7. The van der Waals surface area contributed by atoms with Gasteiger partial charge in [-0.1, -0.05) is 31.4 Å². The third-order valence-corrected chi connectivity index (χ3v) is 9.46. The SMILES string of the molecule is COc1ccc(CN(C(=O)CN(c2ccc(F)cc2)S(=O)(=O)c2ccc(OC)cc2)[C@@H](C)C(=O)NC2CCCCC2)cc1. The molecule has 0 spiro atoms. The maximum Gasteiger partial charge on any atom is 0.264 e. The standard InChI is InChI=1S/C32H38FN3O6S/c1-23(32(38)34-26-7-5-4-6-8-26)35(21-24-9-15-28(41-2)16-10-24)31(37)22-36(27-13-11-25(33)12-14-27)43(39,40)30-19-17-29(42-3)18-20-30/h9-20,23,26H,4-8,21-22H2,1-3H3,(H,34,38)/t23-/m0/s1. The molecule has 0 radical (unpaired) electrons. The second-order valence-electron chi connectivity index (χ2n) is 10.6. The van der Waals surface area contributed by atoms with Gasteiger partial charge in [-0.15, -0.1) is 0 Å². The van der Waals surface area contributed by atoms with Crippen molar-refractivity contribution < 1.29 is 31.9 Å². The lowest BCUT2D eigenvalue weighted by atomic mass is 9.95. The number of nitrogens with zero attached hydrogens (tertiary/aromatic N) is 2. The summed E-state index contributed by atoms with van der Waals surface area (Å²) in [7, 11) is -1.26. The molecule has 1 N–H and O–H groups in total. The zero-order valence-corrected chi connectivity index (χ0v) is 25.5. The minimum atomic E-state index is -4.28. The van der Waals surface area contributed by atoms with Gasteiger partial charge in [-0.2, -0.15) is 0 Å². The second-order valence-corrected chi connectivity index (χ2v) is 12.4. The molecule has 9 nitrogen and oxygen atoms in total. The molecule has 0 heterocycles. The molecular formula is C32H38FN3O6S. The summed E-state index contributed by atoms with van der Waals surface area (Å²) >= 11 is 0. The highest BCUT2D eigenvalue weighted by atomic mass is 32.2. The first-order valence-corrected chi connectivity index (χ1v) is 15.7. The number of hydrogen-bond acceptors (Lipinski definition) is 6. The molecule has 0 bridgehead atoms. The molecule has 4 rings (SSSR count). The number of benzene rings is 3. The van der Waals surface area contributed by atoms with Gasteiger partial charge in [0, 0.05) is 12.6 Å². The first-order chi connectivity index (χ1) is 20.6. The average Bonchev–Trinajstić information content (AvgIpc) is 3.03. The Bertz CT molecular complexity index is 1470. The Balaban J connectivity index is 1.67. The van der Waals surface area contributed by atoms with Crippen molar-refractivity contribution in [1.82, 2.24) is 10.2 Å². The highest BCUT2D eigenvalue weighted by Crippen LogP contribution is 2.26. The lowest BCUT2D eigenvalue weighted by Gasteiger charge is -2.33. The van der Waals surface area contributed by atoms with E-state index < -0.39 is 34.3 Å². The number of rotatable bonds is 12. The molecule has 0 aliphatic heterocycles. The first-order valence-electron chi connectivity index (χ1n) is 14.3. The molecular weight excluding hydrogens is 573 g/mol. The summed E-state index contributed by atoms with van der Waals surface area (Å²) in [5, 5.41) is 3.08. The number of sulfonamides is 1. The lowest BCUT2D eigenvalue weighted by molar-refractivity contribution is -0.139. The number of halogens is 1. The van der Waals surface area contributed by atoms with E-state index in [1.807, 2.05) is 0 Å². The molecule has 1 aliphatic carbocycles. The van der Waals surface area contributed by atoms with Crippen molar-refractivity contribution in [2.24, 2.45) is 0 Å². The molecule has 0 unspecified atom stereocenters. The van der Waals surface area contributed by atoms with Gasteiger partial charge in [0.1, 0.15) is 29.9 Å². The molecule has 1 aliphatic rings. The van der Waals surface area contributed by atoms with E-state index in [1.54, 1.807) is 38.3 Å². The Hall–Kier alpha value is -4.12. The number of nitrogens with one attached hydrogen (secondary N) is 1. The zero-order chi connectivity index (χ0) is 31.0. The average molecular weight is 612 g/mol. The van der Waals surface area contributed by atoms with Crippen molar-refractivity contribution in [3.63, 3.8) is 0 Å². The summed E-state index contributed by atoms with van der Waals surface area (Å²) in [6.07, 6.45) is 4.95. The maximum absolute atomic E-state index is 14.1. The van der Waals surface area contributed by atoms with Crippen molar-refractivity contribution in [2.75, 3.05) is 25.1 Å². The van der Waals surface area contributed by atoms with Gasteiger partial charge < -0.3 is 19.7 Å². The third-order valence-electron chi connectivity index (χ3n) is 7.67. The van der Waals surface area contributed by atoms with E-state index >= 15 is 0 Å². The Kier molecular flexibility index (Phi) is 10.6. The van der Waals surface area contributed by atoms with Crippen LogP contribution in [0.5, 0.6) is 11.5 Å². The van der Waals surface area contributed by atoms with Crippen LogP contribution in [-0.4, -0.2) is 58.0 Å². The van der Waals surface area contributed by atoms with Crippen molar-refractivity contribution in [3.8, 4) is 11.5 Å². The molecule has 1 saturated carbocycles. The van der Waals surface area contributed by atoms with Crippen LogP contribution in [0, 0.1) is 5.82 Å². The molecule has 0 aromatic heterocycles. The van der Waals surface area contributed by atoms with Crippen LogP contribution < -0.4 is 19.1 Å². The van der Waals surface area contributed by atoms with Crippen LogP contribution in [0.3, 0.4) is 0 Å². The Morgan fingerprint density at radius 2 is 1.44 bits per heavy atom. The van der Waals surface area contributed by atoms with Gasteiger partial charge in [-0.3, -0.25) is 13.9 Å². The highest BCUT2D eigenvalue weighted by molar-refractivity contribution is 7.92. The normalized spacial score (nSPS) is 14.4. The van der Waals surface area contributed by atoms with Crippen LogP contribution in [0.25, 0.3) is 0 Å². The van der Waals surface area contributed by atoms with Crippen molar-refractivity contribution in [1.29, 1.82) is 0 Å². The molecule has 3 aromatic carbocycles. The lowest BCUT2D eigenvalue weighted by Crippen LogP contribution is -2.53. The van der Waals surface area contributed by atoms with Gasteiger partial charge in [0.05, 0.1) is 24.8 Å². The van der Waals surface area contributed by atoms with Crippen LogP contribution in [0.1, 0.15) is 44.6 Å². The monoisotopic (exact) mass is 611 g/mol. The molecule has 0 saturated heterocycles. The van der Waals surface area contributed by atoms with Crippen LogP contribution in [0.4, 0.5) is 10.1 Å². The number of carbonyl (C=O) groups excluding carboxylic acids is 2. The van der Waals surface area contributed by atoms with Crippen LogP contribution >= 0.6 is 0 Å². The third kappa shape index (κ3) is 8.04. The number of amides is 2. The van der Waals surface area contributed by atoms with E-state index in [2.05, 4.69) is 5.32 Å². The van der Waals surface area contributed by atoms with Crippen molar-refractivity contribution >= 4 is 27.5 Å². The quantitative estimate of drug-likeness (QED) is 0.312. The largest absolute Gasteiger partial charge is 0.497 e. The molecule has 3 aromatic rings. The van der Waals surface area contributed by atoms with Gasteiger partial charge in [-0.25, -0.2) is 12.8 Å². The Morgan fingerprint density at radius 1 is 0.884 bits per heavy atom. The van der Waals surface area contributed by atoms with E-state index in [1.165, 1.54) is 48.4 Å². The fraction of sp³-hybridized carbons (Fsp3) is 0.375. The number of carbonyl (C=O) groups is 2. The van der Waals surface area contributed by atoms with Gasteiger partial charge in [0.25, 0.3) is 10.0 Å². The summed E-state index contributed by atoms with van der Waals surface area (Å²) in [5.74, 6) is -0.348. The number of anilines is 1. The number of methoxy groups -OCH3 is 2. The maximum atomic E-state index is 14.1. The minimum Gasteiger partial charge on any atom is -0.497 e. The summed E-state index contributed by atoms with van der Waals surface area (Å²) in [6, 6.07) is 16.9. The van der Waals surface area contributed by atoms with E-state index in [0.29, 0.717) is 11.5 Å². The molecule has 11 heteroatoms. The van der Waals surface area contributed by atoms with Gasteiger partial charge >= 0.3 is 0 Å². The summed E-state index contributed by atoms with van der Waals surface area (Å²) in [6.45, 7) is 1.08. The second kappa shape index (κ2) is 14.4. The van der Waals surface area contributed by atoms with Gasteiger partial charge in [0.15, 0.2) is 0 Å². The van der Waals surface area contributed by atoms with Crippen LogP contribution in [0.2, 0.25) is 0 Å². The fourth-order valence-electron chi connectivity index (χ4n) is 5.09. The van der Waals surface area contributed by atoms with Gasteiger partial charge in [0.2, 0.25) is 11.8 Å². The van der Waals surface area contributed by atoms with Gasteiger partial charge in [-0.05, 0) is 86.0 Å². The van der Waals surface area contributed by atoms with Crippen LogP contribution in [0.15, 0.2) is 77.7 Å². The first kappa shape index (κ1) is 31.8. The smallest absolute Gasteiger partial charge is 0.264 e. The Morgan fingerprint density at radius 3 is 2.00 bits per heavy atom. The predicted octanol–water partition coefficient (Wildman–Crippen LogP) is 4.90. The molecule has 43 heavy (non-hydrogen) atoms. The van der Waals surface area contributed by atoms with E-state index in [9.17, 15) is 22.4 Å². The summed E-state index contributed by atoms with van der Waals surface area (Å²) in [4.78, 5) is 28.8. The molecule has 230 valence electrons. The predicted molar refractivity (Wildman–Crippen MR) is 162 cm³/mol. The molecule has 1 fully saturated rings. The van der Waals surface area contributed by atoms with Crippen molar-refractivity contribution in [3.05, 3.63) is 84.2 Å². The molecule has 2 amide bonds. The van der Waals surface area contributed by atoms with Crippen LogP contribution in [-0.2, 0) is 26.2 Å². The topological polar surface area (TPSA) is 105 Å². The summed E-state index contributed by atoms with van der Waals surface area (Å²) < 4.78 is 52.9.